The number of aliphatic carboxylic acids is 1. The van der Waals surface area contributed by atoms with Gasteiger partial charge in [-0.3, -0.25) is 4.79 Å². The second-order valence-electron chi connectivity index (χ2n) is 5.05. The molecule has 0 radical (unpaired) electrons. The van der Waals surface area contributed by atoms with E-state index in [0.717, 1.165) is 6.42 Å². The van der Waals surface area contributed by atoms with Crippen LogP contribution in [0, 0.1) is 5.92 Å². The molecule has 2 N–H and O–H groups in total. The van der Waals surface area contributed by atoms with Gasteiger partial charge in [-0.1, -0.05) is 6.42 Å². The molecule has 1 aliphatic heterocycles. The number of carboxylic acid groups (broad SMARTS) is 1. The summed E-state index contributed by atoms with van der Waals surface area (Å²) in [4.78, 5) is 11.1. The van der Waals surface area contributed by atoms with Crippen LogP contribution in [-0.4, -0.2) is 53.3 Å². The number of carbonyl (C=O) groups is 1. The van der Waals surface area contributed by atoms with Crippen LogP contribution in [0.15, 0.2) is 0 Å². The molecule has 1 saturated heterocycles. The van der Waals surface area contributed by atoms with Gasteiger partial charge in [0, 0.05) is 12.6 Å². The number of carboxylic acids is 1. The van der Waals surface area contributed by atoms with Crippen molar-refractivity contribution in [3.63, 3.8) is 0 Å². The molecule has 18 heavy (non-hydrogen) atoms. The molecule has 2 fully saturated rings. The second kappa shape index (κ2) is 5.14. The van der Waals surface area contributed by atoms with E-state index in [1.165, 1.54) is 4.31 Å². The number of sulfonamides is 1. The zero-order valence-electron chi connectivity index (χ0n) is 10.2. The van der Waals surface area contributed by atoms with E-state index in [4.69, 9.17) is 5.11 Å². The van der Waals surface area contributed by atoms with Crippen LogP contribution >= 0.6 is 0 Å². The highest BCUT2D eigenvalue weighted by molar-refractivity contribution is 7.89. The minimum absolute atomic E-state index is 0.191. The second-order valence-corrected chi connectivity index (χ2v) is 7.15. The normalized spacial score (nSPS) is 33.9. The van der Waals surface area contributed by atoms with Crippen LogP contribution in [0.3, 0.4) is 0 Å². The van der Waals surface area contributed by atoms with Crippen LogP contribution in [0.2, 0.25) is 0 Å². The van der Waals surface area contributed by atoms with Crippen molar-refractivity contribution in [2.75, 3.05) is 13.2 Å². The SMILES string of the molecule is O=C(O)C1CCCC1S(=O)(=O)N1CCC[C@@H]1CO. The lowest BCUT2D eigenvalue weighted by molar-refractivity contribution is -0.141. The highest BCUT2D eigenvalue weighted by Gasteiger charge is 2.46. The molecule has 0 aromatic rings. The van der Waals surface area contributed by atoms with Crippen molar-refractivity contribution in [3.05, 3.63) is 0 Å². The van der Waals surface area contributed by atoms with Gasteiger partial charge in [0.1, 0.15) is 0 Å². The number of aliphatic hydroxyl groups excluding tert-OH is 1. The van der Waals surface area contributed by atoms with Crippen molar-refractivity contribution in [1.82, 2.24) is 4.31 Å². The number of hydrogen-bond donors (Lipinski definition) is 2. The molecule has 2 rings (SSSR count). The van der Waals surface area contributed by atoms with E-state index in [1.807, 2.05) is 0 Å². The first kappa shape index (κ1) is 13.8. The zero-order chi connectivity index (χ0) is 13.3. The number of rotatable bonds is 4. The largest absolute Gasteiger partial charge is 0.481 e. The van der Waals surface area contributed by atoms with Crippen LogP contribution < -0.4 is 0 Å². The molecular formula is C11H19NO5S. The minimum Gasteiger partial charge on any atom is -0.481 e. The molecule has 3 atom stereocenters. The van der Waals surface area contributed by atoms with Gasteiger partial charge in [-0.2, -0.15) is 4.31 Å². The Kier molecular flexibility index (Phi) is 3.93. The fourth-order valence-electron chi connectivity index (χ4n) is 3.07. The molecule has 7 heteroatoms. The molecule has 1 aliphatic carbocycles. The van der Waals surface area contributed by atoms with Gasteiger partial charge in [0.25, 0.3) is 0 Å². The Morgan fingerprint density at radius 1 is 1.22 bits per heavy atom. The van der Waals surface area contributed by atoms with Gasteiger partial charge in [-0.15, -0.1) is 0 Å². The molecular weight excluding hydrogens is 258 g/mol. The van der Waals surface area contributed by atoms with E-state index in [1.54, 1.807) is 0 Å². The van der Waals surface area contributed by atoms with Gasteiger partial charge in [0.15, 0.2) is 0 Å². The Labute approximate surface area is 107 Å². The topological polar surface area (TPSA) is 94.9 Å². The first-order valence-corrected chi connectivity index (χ1v) is 7.83. The molecule has 0 aromatic heterocycles. The van der Waals surface area contributed by atoms with Crippen molar-refractivity contribution < 1.29 is 23.4 Å². The standard InChI is InChI=1S/C11H19NO5S/c13-7-8-3-2-6-12(8)18(16,17)10-5-1-4-9(10)11(14)15/h8-10,13H,1-7H2,(H,14,15)/t8-,9?,10?/m1/s1. The van der Waals surface area contributed by atoms with Gasteiger partial charge >= 0.3 is 5.97 Å². The van der Waals surface area contributed by atoms with Gasteiger partial charge < -0.3 is 10.2 Å². The van der Waals surface area contributed by atoms with E-state index in [2.05, 4.69) is 0 Å². The molecule has 0 bridgehead atoms. The summed E-state index contributed by atoms with van der Waals surface area (Å²) >= 11 is 0. The van der Waals surface area contributed by atoms with Crippen LogP contribution in [0.5, 0.6) is 0 Å². The molecule has 1 heterocycles. The Morgan fingerprint density at radius 2 is 1.94 bits per heavy atom. The first-order valence-electron chi connectivity index (χ1n) is 6.32. The van der Waals surface area contributed by atoms with Gasteiger partial charge in [-0.25, -0.2) is 8.42 Å². The van der Waals surface area contributed by atoms with Crippen molar-refractivity contribution in [1.29, 1.82) is 0 Å². The third kappa shape index (κ3) is 2.26. The van der Waals surface area contributed by atoms with E-state index >= 15 is 0 Å². The van der Waals surface area contributed by atoms with E-state index in [-0.39, 0.29) is 12.6 Å². The van der Waals surface area contributed by atoms with Crippen LogP contribution in [0.1, 0.15) is 32.1 Å². The predicted molar refractivity (Wildman–Crippen MR) is 64.5 cm³/mol. The summed E-state index contributed by atoms with van der Waals surface area (Å²) in [6.07, 6.45) is 2.86. The summed E-state index contributed by atoms with van der Waals surface area (Å²) < 4.78 is 26.3. The molecule has 0 aromatic carbocycles. The lowest BCUT2D eigenvalue weighted by Crippen LogP contribution is -2.45. The summed E-state index contributed by atoms with van der Waals surface area (Å²) in [5.41, 5.74) is 0. The molecule has 6 nitrogen and oxygen atoms in total. The average Bonchev–Trinajstić information content (AvgIpc) is 2.98. The summed E-state index contributed by atoms with van der Waals surface area (Å²) in [7, 11) is -3.60. The van der Waals surface area contributed by atoms with E-state index < -0.39 is 27.2 Å². The molecule has 0 spiro atoms. The third-order valence-corrected chi connectivity index (χ3v) is 6.48. The summed E-state index contributed by atoms with van der Waals surface area (Å²) in [5.74, 6) is -1.82. The fraction of sp³-hybridized carbons (Fsp3) is 0.909. The van der Waals surface area contributed by atoms with E-state index in [0.29, 0.717) is 32.2 Å². The van der Waals surface area contributed by atoms with E-state index in [9.17, 15) is 18.3 Å². The zero-order valence-corrected chi connectivity index (χ0v) is 11.0. The maximum absolute atomic E-state index is 12.5. The first-order chi connectivity index (χ1) is 8.48. The Hall–Kier alpha value is -0.660. The van der Waals surface area contributed by atoms with Gasteiger partial charge in [-0.05, 0) is 25.7 Å². The summed E-state index contributed by atoms with van der Waals surface area (Å²) in [6.45, 7) is 0.208. The average molecular weight is 277 g/mol. The van der Waals surface area contributed by atoms with Crippen molar-refractivity contribution in [2.24, 2.45) is 5.92 Å². The summed E-state index contributed by atoms with van der Waals surface area (Å²) in [6, 6.07) is -0.370. The maximum Gasteiger partial charge on any atom is 0.307 e. The lowest BCUT2D eigenvalue weighted by Gasteiger charge is -2.27. The molecule has 2 aliphatic rings. The van der Waals surface area contributed by atoms with Crippen molar-refractivity contribution in [2.45, 2.75) is 43.4 Å². The minimum atomic E-state index is -3.60. The van der Waals surface area contributed by atoms with Crippen molar-refractivity contribution in [3.8, 4) is 0 Å². The van der Waals surface area contributed by atoms with Gasteiger partial charge in [0.2, 0.25) is 10.0 Å². The quantitative estimate of drug-likeness (QED) is 0.755. The monoisotopic (exact) mass is 277 g/mol. The Balaban J connectivity index is 2.22. The number of aliphatic hydroxyl groups is 1. The van der Waals surface area contributed by atoms with Crippen LogP contribution in [-0.2, 0) is 14.8 Å². The fourth-order valence-corrected chi connectivity index (χ4v) is 5.52. The molecule has 0 amide bonds. The number of hydrogen-bond acceptors (Lipinski definition) is 4. The Morgan fingerprint density at radius 3 is 2.56 bits per heavy atom. The highest BCUT2D eigenvalue weighted by Crippen LogP contribution is 2.35. The predicted octanol–water partition coefficient (Wildman–Crippen LogP) is 0.0262. The van der Waals surface area contributed by atoms with Gasteiger partial charge in [0.05, 0.1) is 17.8 Å². The molecule has 1 saturated carbocycles. The maximum atomic E-state index is 12.5. The Bertz CT molecular complexity index is 421. The number of nitrogens with zero attached hydrogens (tertiary/aromatic N) is 1. The molecule has 2 unspecified atom stereocenters. The smallest absolute Gasteiger partial charge is 0.307 e. The highest BCUT2D eigenvalue weighted by atomic mass is 32.2. The lowest BCUT2D eigenvalue weighted by atomic mass is 10.1. The van der Waals surface area contributed by atoms with Crippen LogP contribution in [0.25, 0.3) is 0 Å². The van der Waals surface area contributed by atoms with Crippen molar-refractivity contribution >= 4 is 16.0 Å². The third-order valence-electron chi connectivity index (χ3n) is 4.01. The van der Waals surface area contributed by atoms with Crippen LogP contribution in [0.4, 0.5) is 0 Å². The summed E-state index contributed by atoms with van der Waals surface area (Å²) in [5, 5.41) is 17.5. The molecule has 104 valence electrons.